The number of hydrogen-bond donors (Lipinski definition) is 3. The summed E-state index contributed by atoms with van der Waals surface area (Å²) in [5, 5.41) is 11.9. The average molecular weight is 333 g/mol. The van der Waals surface area contributed by atoms with E-state index >= 15 is 0 Å². The molecule has 0 aliphatic carbocycles. The minimum atomic E-state index is 0.117. The van der Waals surface area contributed by atoms with E-state index in [0.29, 0.717) is 12.2 Å². The Bertz CT molecular complexity index is 724. The molecule has 102 valence electrons. The molecule has 0 aliphatic rings. The highest BCUT2D eigenvalue weighted by Gasteiger charge is 2.06. The highest BCUT2D eigenvalue weighted by Crippen LogP contribution is 2.22. The quantitative estimate of drug-likeness (QED) is 0.686. The van der Waals surface area contributed by atoms with Gasteiger partial charge in [-0.15, -0.1) is 0 Å². The number of halogens is 1. The molecule has 3 aromatic rings. The van der Waals surface area contributed by atoms with Crippen LogP contribution in [0.15, 0.2) is 41.0 Å². The molecule has 0 aliphatic heterocycles. The summed E-state index contributed by atoms with van der Waals surface area (Å²) in [6.45, 7) is 0.661. The molecule has 1 aromatic carbocycles. The van der Waals surface area contributed by atoms with Gasteiger partial charge in [0.1, 0.15) is 5.82 Å². The lowest BCUT2D eigenvalue weighted by Gasteiger charge is -2.04. The fourth-order valence-corrected chi connectivity index (χ4v) is 2.29. The maximum atomic E-state index is 8.77. The molecule has 3 N–H and O–H groups in total. The fourth-order valence-electron chi connectivity index (χ4n) is 1.96. The van der Waals surface area contributed by atoms with Gasteiger partial charge >= 0.3 is 0 Å². The van der Waals surface area contributed by atoms with Gasteiger partial charge in [-0.2, -0.15) is 0 Å². The van der Waals surface area contributed by atoms with Gasteiger partial charge in [-0.1, -0.05) is 0 Å². The number of aromatic amines is 1. The number of benzene rings is 1. The van der Waals surface area contributed by atoms with Gasteiger partial charge in [0.15, 0.2) is 5.65 Å². The van der Waals surface area contributed by atoms with E-state index in [4.69, 9.17) is 5.11 Å². The summed E-state index contributed by atoms with van der Waals surface area (Å²) in [7, 11) is 0. The lowest BCUT2D eigenvalue weighted by molar-refractivity contribution is 0.311. The first-order valence-electron chi connectivity index (χ1n) is 6.23. The van der Waals surface area contributed by atoms with Gasteiger partial charge in [-0.25, -0.2) is 9.97 Å². The van der Waals surface area contributed by atoms with Gasteiger partial charge in [-0.05, 0) is 46.3 Å². The minimum Gasteiger partial charge on any atom is -0.395 e. The topological polar surface area (TPSA) is 73.8 Å². The van der Waals surface area contributed by atoms with Crippen LogP contribution in [0, 0.1) is 0 Å². The standard InChI is InChI=1S/C14H13BrN4O/c15-10-7-12-14(17-8-10)19-13(18-12)9-1-3-11(4-2-9)16-5-6-20/h1-4,7-8,16,20H,5-6H2,(H,17,18,19). The Morgan fingerprint density at radius 3 is 2.80 bits per heavy atom. The smallest absolute Gasteiger partial charge is 0.178 e. The van der Waals surface area contributed by atoms with Crippen molar-refractivity contribution in [2.24, 2.45) is 0 Å². The highest BCUT2D eigenvalue weighted by molar-refractivity contribution is 9.10. The first-order chi connectivity index (χ1) is 9.76. The molecule has 2 heterocycles. The van der Waals surface area contributed by atoms with Crippen molar-refractivity contribution in [1.82, 2.24) is 15.0 Å². The van der Waals surface area contributed by atoms with E-state index in [-0.39, 0.29) is 6.61 Å². The van der Waals surface area contributed by atoms with Crippen LogP contribution in [0.4, 0.5) is 5.69 Å². The predicted molar refractivity (Wildman–Crippen MR) is 82.6 cm³/mol. The summed E-state index contributed by atoms with van der Waals surface area (Å²) in [4.78, 5) is 12.0. The highest BCUT2D eigenvalue weighted by atomic mass is 79.9. The number of nitrogens with zero attached hydrogens (tertiary/aromatic N) is 2. The second-order valence-corrected chi connectivity index (χ2v) is 5.25. The first kappa shape index (κ1) is 13.1. The van der Waals surface area contributed by atoms with Crippen molar-refractivity contribution in [3.8, 4) is 11.4 Å². The summed E-state index contributed by atoms with van der Waals surface area (Å²) < 4.78 is 0.920. The minimum absolute atomic E-state index is 0.117. The second kappa shape index (κ2) is 5.60. The van der Waals surface area contributed by atoms with Gasteiger partial charge in [-0.3, -0.25) is 0 Å². The van der Waals surface area contributed by atoms with Gasteiger partial charge in [0.05, 0.1) is 12.1 Å². The zero-order chi connectivity index (χ0) is 13.9. The maximum absolute atomic E-state index is 8.77. The van der Waals surface area contributed by atoms with Gasteiger partial charge in [0.2, 0.25) is 0 Å². The van der Waals surface area contributed by atoms with E-state index in [1.54, 1.807) is 6.20 Å². The summed E-state index contributed by atoms with van der Waals surface area (Å²) >= 11 is 3.39. The number of hydrogen-bond acceptors (Lipinski definition) is 4. The molecular weight excluding hydrogens is 320 g/mol. The molecule has 0 unspecified atom stereocenters. The van der Waals surface area contributed by atoms with Crippen LogP contribution in [0.3, 0.4) is 0 Å². The predicted octanol–water partition coefficient (Wildman–Crippen LogP) is 2.79. The number of nitrogens with one attached hydrogen (secondary N) is 2. The third-order valence-electron chi connectivity index (χ3n) is 2.90. The normalized spacial score (nSPS) is 10.9. The first-order valence-corrected chi connectivity index (χ1v) is 7.02. The maximum Gasteiger partial charge on any atom is 0.178 e. The second-order valence-electron chi connectivity index (χ2n) is 4.34. The zero-order valence-corrected chi connectivity index (χ0v) is 12.2. The summed E-state index contributed by atoms with van der Waals surface area (Å²) in [5.41, 5.74) is 3.57. The molecule has 0 saturated heterocycles. The number of fused-ring (bicyclic) bond motifs is 1. The van der Waals surface area contributed by atoms with E-state index in [1.807, 2.05) is 30.3 Å². The van der Waals surface area contributed by atoms with E-state index in [9.17, 15) is 0 Å². The van der Waals surface area contributed by atoms with Crippen LogP contribution in [-0.4, -0.2) is 33.2 Å². The Balaban J connectivity index is 1.90. The van der Waals surface area contributed by atoms with Crippen LogP contribution < -0.4 is 5.32 Å². The van der Waals surface area contributed by atoms with Crippen molar-refractivity contribution in [1.29, 1.82) is 0 Å². The van der Waals surface area contributed by atoms with E-state index in [0.717, 1.165) is 27.1 Å². The number of H-pyrrole nitrogens is 1. The van der Waals surface area contributed by atoms with E-state index in [2.05, 4.69) is 36.2 Å². The Morgan fingerprint density at radius 2 is 2.05 bits per heavy atom. The molecule has 20 heavy (non-hydrogen) atoms. The number of anilines is 1. The number of pyridine rings is 1. The summed E-state index contributed by atoms with van der Waals surface area (Å²) in [6, 6.07) is 9.83. The summed E-state index contributed by atoms with van der Waals surface area (Å²) in [6.07, 6.45) is 1.73. The van der Waals surface area contributed by atoms with Crippen molar-refractivity contribution in [2.75, 3.05) is 18.5 Å². The zero-order valence-electron chi connectivity index (χ0n) is 10.6. The molecule has 0 radical (unpaired) electrons. The number of rotatable bonds is 4. The van der Waals surface area contributed by atoms with Crippen LogP contribution in [0.1, 0.15) is 0 Å². The van der Waals surface area contributed by atoms with Gasteiger partial charge in [0.25, 0.3) is 0 Å². The van der Waals surface area contributed by atoms with Crippen LogP contribution in [0.5, 0.6) is 0 Å². The molecule has 0 bridgehead atoms. The molecule has 5 nitrogen and oxygen atoms in total. The molecule has 2 aromatic heterocycles. The molecular formula is C14H13BrN4O. The van der Waals surface area contributed by atoms with Gasteiger partial charge in [0, 0.05) is 28.5 Å². The molecule has 0 saturated carbocycles. The van der Waals surface area contributed by atoms with Crippen molar-refractivity contribution in [2.45, 2.75) is 0 Å². The molecule has 0 atom stereocenters. The largest absolute Gasteiger partial charge is 0.395 e. The van der Waals surface area contributed by atoms with Crippen molar-refractivity contribution < 1.29 is 5.11 Å². The van der Waals surface area contributed by atoms with Crippen molar-refractivity contribution in [3.63, 3.8) is 0 Å². The number of imidazole rings is 1. The summed E-state index contributed by atoms with van der Waals surface area (Å²) in [5.74, 6) is 0.791. The lowest BCUT2D eigenvalue weighted by atomic mass is 10.2. The van der Waals surface area contributed by atoms with Crippen LogP contribution in [-0.2, 0) is 0 Å². The molecule has 6 heteroatoms. The molecule has 0 fully saturated rings. The van der Waals surface area contributed by atoms with Crippen molar-refractivity contribution >= 4 is 32.8 Å². The molecule has 0 spiro atoms. The van der Waals surface area contributed by atoms with Crippen LogP contribution in [0.25, 0.3) is 22.6 Å². The molecule has 0 amide bonds. The molecule has 3 rings (SSSR count). The Kier molecular flexibility index (Phi) is 3.66. The number of aliphatic hydroxyl groups excluding tert-OH is 1. The fraction of sp³-hybridized carbons (Fsp3) is 0.143. The van der Waals surface area contributed by atoms with Crippen LogP contribution >= 0.6 is 15.9 Å². The van der Waals surface area contributed by atoms with Crippen molar-refractivity contribution in [3.05, 3.63) is 41.0 Å². The van der Waals surface area contributed by atoms with E-state index in [1.165, 1.54) is 0 Å². The third-order valence-corrected chi connectivity index (χ3v) is 3.34. The third kappa shape index (κ3) is 2.66. The SMILES string of the molecule is OCCNc1ccc(-c2nc3ncc(Br)cc3[nH]2)cc1. The van der Waals surface area contributed by atoms with E-state index < -0.39 is 0 Å². The number of aliphatic hydroxyl groups is 1. The lowest BCUT2D eigenvalue weighted by Crippen LogP contribution is -2.04. The average Bonchev–Trinajstić information content (AvgIpc) is 2.88. The Morgan fingerprint density at radius 1 is 1.25 bits per heavy atom. The number of aromatic nitrogens is 3. The Labute approximate surface area is 124 Å². The monoisotopic (exact) mass is 332 g/mol. The Hall–Kier alpha value is -1.92. The van der Waals surface area contributed by atoms with Gasteiger partial charge < -0.3 is 15.4 Å². The van der Waals surface area contributed by atoms with Crippen LogP contribution in [0.2, 0.25) is 0 Å².